The number of carbonyl (C=O) groups is 1. The van der Waals surface area contributed by atoms with Crippen molar-refractivity contribution in [2.24, 2.45) is 7.05 Å². The maximum absolute atomic E-state index is 10.6. The van der Waals surface area contributed by atoms with Gasteiger partial charge in [0.15, 0.2) is 0 Å². The van der Waals surface area contributed by atoms with E-state index < -0.39 is 5.97 Å². The van der Waals surface area contributed by atoms with Crippen molar-refractivity contribution < 1.29 is 9.90 Å². The molecule has 0 saturated carbocycles. The zero-order valence-corrected chi connectivity index (χ0v) is 10.2. The Morgan fingerprint density at radius 1 is 1.29 bits per heavy atom. The molecular formula is C12H19N3O2. The monoisotopic (exact) mass is 237 g/mol. The van der Waals surface area contributed by atoms with Gasteiger partial charge in [-0.2, -0.15) is 0 Å². The third-order valence-electron chi connectivity index (χ3n) is 3.12. The second-order valence-corrected chi connectivity index (χ2v) is 4.63. The molecule has 1 fully saturated rings. The third kappa shape index (κ3) is 3.57. The van der Waals surface area contributed by atoms with E-state index in [9.17, 15) is 4.79 Å². The van der Waals surface area contributed by atoms with Crippen molar-refractivity contribution in [2.75, 3.05) is 32.7 Å². The Bertz CT molecular complexity index is 381. The van der Waals surface area contributed by atoms with Crippen LogP contribution < -0.4 is 0 Å². The molecule has 2 heterocycles. The highest BCUT2D eigenvalue weighted by atomic mass is 16.4. The highest BCUT2D eigenvalue weighted by Crippen LogP contribution is 2.08. The molecule has 0 bridgehead atoms. The number of aromatic nitrogens is 1. The summed E-state index contributed by atoms with van der Waals surface area (Å²) in [5, 5.41) is 8.71. The summed E-state index contributed by atoms with van der Waals surface area (Å²) in [6, 6.07) is 2.13. The number of aliphatic carboxylic acids is 1. The number of piperazine rings is 1. The van der Waals surface area contributed by atoms with Crippen molar-refractivity contribution in [1.82, 2.24) is 14.4 Å². The van der Waals surface area contributed by atoms with Crippen molar-refractivity contribution in [2.45, 2.75) is 6.54 Å². The fraction of sp³-hybridized carbons (Fsp3) is 0.583. The number of carboxylic acid groups (broad SMARTS) is 1. The maximum atomic E-state index is 10.6. The standard InChI is InChI=1S/C12H19N3O2/c1-13-3-2-11(8-13)9-14-4-6-15(7-5-14)10-12(16)17/h2-3,8H,4-7,9-10H2,1H3,(H,16,17). The summed E-state index contributed by atoms with van der Waals surface area (Å²) >= 11 is 0. The molecule has 2 rings (SSSR count). The van der Waals surface area contributed by atoms with Crippen molar-refractivity contribution in [3.63, 3.8) is 0 Å². The molecule has 1 saturated heterocycles. The van der Waals surface area contributed by atoms with Crippen molar-refractivity contribution in [3.05, 3.63) is 24.0 Å². The molecule has 0 amide bonds. The van der Waals surface area contributed by atoms with Gasteiger partial charge in [-0.1, -0.05) is 0 Å². The topological polar surface area (TPSA) is 48.7 Å². The minimum Gasteiger partial charge on any atom is -0.480 e. The smallest absolute Gasteiger partial charge is 0.317 e. The van der Waals surface area contributed by atoms with Gasteiger partial charge >= 0.3 is 5.97 Å². The SMILES string of the molecule is Cn1ccc(CN2CCN(CC(=O)O)CC2)c1. The van der Waals surface area contributed by atoms with Crippen LogP contribution in [0, 0.1) is 0 Å². The molecule has 1 aromatic heterocycles. The first-order valence-corrected chi connectivity index (χ1v) is 5.91. The molecule has 0 aliphatic carbocycles. The van der Waals surface area contributed by atoms with E-state index in [2.05, 4.69) is 27.9 Å². The zero-order chi connectivity index (χ0) is 12.3. The summed E-state index contributed by atoms with van der Waals surface area (Å²) in [5.41, 5.74) is 1.32. The molecule has 0 unspecified atom stereocenters. The van der Waals surface area contributed by atoms with Crippen LogP contribution in [-0.2, 0) is 18.4 Å². The summed E-state index contributed by atoms with van der Waals surface area (Å²) in [6.07, 6.45) is 4.18. The lowest BCUT2D eigenvalue weighted by atomic mass is 10.2. The second-order valence-electron chi connectivity index (χ2n) is 4.63. The van der Waals surface area contributed by atoms with E-state index in [1.165, 1.54) is 5.56 Å². The fourth-order valence-corrected chi connectivity index (χ4v) is 2.21. The minimum absolute atomic E-state index is 0.166. The van der Waals surface area contributed by atoms with Gasteiger partial charge in [0.2, 0.25) is 0 Å². The van der Waals surface area contributed by atoms with Crippen LogP contribution in [0.15, 0.2) is 18.5 Å². The van der Waals surface area contributed by atoms with E-state index in [4.69, 9.17) is 5.11 Å². The molecule has 0 spiro atoms. The molecule has 0 radical (unpaired) electrons. The first-order chi connectivity index (χ1) is 8.13. The van der Waals surface area contributed by atoms with Crippen LogP contribution in [0.1, 0.15) is 5.56 Å². The van der Waals surface area contributed by atoms with Gasteiger partial charge in [-0.15, -0.1) is 0 Å². The van der Waals surface area contributed by atoms with E-state index in [1.54, 1.807) is 0 Å². The molecule has 1 N–H and O–H groups in total. The summed E-state index contributed by atoms with van der Waals surface area (Å²) in [6.45, 7) is 4.71. The molecule has 5 heteroatoms. The number of hydrogen-bond donors (Lipinski definition) is 1. The lowest BCUT2D eigenvalue weighted by Gasteiger charge is -2.33. The van der Waals surface area contributed by atoms with Gasteiger partial charge < -0.3 is 9.67 Å². The predicted molar refractivity (Wildman–Crippen MR) is 64.8 cm³/mol. The van der Waals surface area contributed by atoms with Gasteiger partial charge in [-0.3, -0.25) is 14.6 Å². The molecular weight excluding hydrogens is 218 g/mol. The van der Waals surface area contributed by atoms with E-state index >= 15 is 0 Å². The second kappa shape index (κ2) is 5.33. The van der Waals surface area contributed by atoms with Crippen molar-refractivity contribution in [3.8, 4) is 0 Å². The van der Waals surface area contributed by atoms with Gasteiger partial charge in [0.25, 0.3) is 0 Å². The van der Waals surface area contributed by atoms with Crippen LogP contribution in [0.4, 0.5) is 0 Å². The molecule has 17 heavy (non-hydrogen) atoms. The molecule has 94 valence electrons. The first-order valence-electron chi connectivity index (χ1n) is 5.91. The number of rotatable bonds is 4. The Kier molecular flexibility index (Phi) is 3.81. The van der Waals surface area contributed by atoms with Crippen LogP contribution in [0.5, 0.6) is 0 Å². The van der Waals surface area contributed by atoms with E-state index in [-0.39, 0.29) is 6.54 Å². The summed E-state index contributed by atoms with van der Waals surface area (Å²) < 4.78 is 2.05. The number of hydrogen-bond acceptors (Lipinski definition) is 3. The predicted octanol–water partition coefficient (Wildman–Crippen LogP) is 0.227. The summed E-state index contributed by atoms with van der Waals surface area (Å²) in [4.78, 5) is 14.9. The Morgan fingerprint density at radius 3 is 2.47 bits per heavy atom. The van der Waals surface area contributed by atoms with Gasteiger partial charge in [0.1, 0.15) is 0 Å². The van der Waals surface area contributed by atoms with Crippen LogP contribution in [-0.4, -0.2) is 58.2 Å². The molecule has 1 aliphatic rings. The van der Waals surface area contributed by atoms with Crippen molar-refractivity contribution >= 4 is 5.97 Å². The minimum atomic E-state index is -0.735. The highest BCUT2D eigenvalue weighted by molar-refractivity contribution is 5.69. The number of nitrogens with zero attached hydrogens (tertiary/aromatic N) is 3. The largest absolute Gasteiger partial charge is 0.480 e. The van der Waals surface area contributed by atoms with E-state index in [0.717, 1.165) is 32.7 Å². The third-order valence-corrected chi connectivity index (χ3v) is 3.12. The average Bonchev–Trinajstić information content (AvgIpc) is 2.66. The van der Waals surface area contributed by atoms with E-state index in [0.29, 0.717) is 0 Å². The summed E-state index contributed by atoms with van der Waals surface area (Å²) in [5.74, 6) is -0.735. The first kappa shape index (κ1) is 12.1. The van der Waals surface area contributed by atoms with Gasteiger partial charge in [-0.25, -0.2) is 0 Å². The van der Waals surface area contributed by atoms with Gasteiger partial charge in [0.05, 0.1) is 6.54 Å². The Hall–Kier alpha value is -1.33. The van der Waals surface area contributed by atoms with Gasteiger partial charge in [-0.05, 0) is 11.6 Å². The zero-order valence-electron chi connectivity index (χ0n) is 10.2. The van der Waals surface area contributed by atoms with Crippen LogP contribution in [0.2, 0.25) is 0 Å². The lowest BCUT2D eigenvalue weighted by Crippen LogP contribution is -2.47. The molecule has 5 nitrogen and oxygen atoms in total. The van der Waals surface area contributed by atoms with Crippen molar-refractivity contribution in [1.29, 1.82) is 0 Å². The van der Waals surface area contributed by atoms with Gasteiger partial charge in [0, 0.05) is 52.2 Å². The molecule has 0 atom stereocenters. The Morgan fingerprint density at radius 2 is 1.94 bits per heavy atom. The Labute approximate surface area is 101 Å². The fourth-order valence-electron chi connectivity index (χ4n) is 2.21. The van der Waals surface area contributed by atoms with Crippen LogP contribution in [0.25, 0.3) is 0 Å². The normalized spacial score (nSPS) is 18.4. The Balaban J connectivity index is 1.77. The van der Waals surface area contributed by atoms with E-state index in [1.807, 2.05) is 11.9 Å². The quantitative estimate of drug-likeness (QED) is 0.814. The van der Waals surface area contributed by atoms with Crippen LogP contribution >= 0.6 is 0 Å². The maximum Gasteiger partial charge on any atom is 0.317 e. The number of carboxylic acids is 1. The molecule has 1 aromatic rings. The highest BCUT2D eigenvalue weighted by Gasteiger charge is 2.18. The lowest BCUT2D eigenvalue weighted by molar-refractivity contribution is -0.138. The summed E-state index contributed by atoms with van der Waals surface area (Å²) in [7, 11) is 2.02. The average molecular weight is 237 g/mol. The van der Waals surface area contributed by atoms with Crippen LogP contribution in [0.3, 0.4) is 0 Å². The number of aryl methyl sites for hydroxylation is 1. The molecule has 1 aliphatic heterocycles. The molecule has 0 aromatic carbocycles.